The molecule has 12 heteroatoms. The van der Waals surface area contributed by atoms with Crippen LogP contribution < -0.4 is 15.0 Å². The van der Waals surface area contributed by atoms with Crippen molar-refractivity contribution in [2.24, 2.45) is 5.92 Å². The number of pyridine rings is 1. The molecule has 2 aliphatic rings. The summed E-state index contributed by atoms with van der Waals surface area (Å²) in [6.45, 7) is 6.08. The third kappa shape index (κ3) is 5.38. The zero-order chi connectivity index (χ0) is 29.6. The molecule has 0 saturated carbocycles. The number of carbonyl (C=O) groups excluding carboxylic acids is 1. The van der Waals surface area contributed by atoms with E-state index in [1.807, 2.05) is 26.1 Å². The summed E-state index contributed by atoms with van der Waals surface area (Å²) in [5.74, 6) is 0.324. The highest BCUT2D eigenvalue weighted by Crippen LogP contribution is 2.44. The summed E-state index contributed by atoms with van der Waals surface area (Å²) in [4.78, 5) is 25.1. The maximum atomic E-state index is 14.1. The molecule has 42 heavy (non-hydrogen) atoms. The second kappa shape index (κ2) is 10.9. The Morgan fingerprint density at radius 1 is 1.12 bits per heavy atom. The summed E-state index contributed by atoms with van der Waals surface area (Å²) in [5, 5.41) is 7.05. The number of carbonyl (C=O) groups is 1. The number of hydrogen-bond acceptors (Lipinski definition) is 7. The lowest BCUT2D eigenvalue weighted by Crippen LogP contribution is -2.57. The number of aryl methyl sites for hydroxylation is 2. The van der Waals surface area contributed by atoms with E-state index >= 15 is 0 Å². The number of aromatic nitrogens is 5. The molecule has 0 spiro atoms. The number of halogens is 3. The first-order valence-electron chi connectivity index (χ1n) is 14.0. The molecule has 3 aromatic heterocycles. The molecular formula is C30H32F3N7O2. The van der Waals surface area contributed by atoms with E-state index < -0.39 is 17.8 Å². The van der Waals surface area contributed by atoms with Gasteiger partial charge < -0.3 is 19.5 Å². The zero-order valence-corrected chi connectivity index (χ0v) is 23.6. The maximum absolute atomic E-state index is 14.1. The Hall–Kier alpha value is -4.19. The molecule has 4 aromatic rings. The number of hydrogen-bond donors (Lipinski definition) is 1. The van der Waals surface area contributed by atoms with E-state index in [4.69, 9.17) is 9.72 Å². The van der Waals surface area contributed by atoms with Crippen LogP contribution >= 0.6 is 0 Å². The standard InChI is InChI=1S/C30H32F3N7O2/c1-4-40-15-25(29(37-40)30(31,32)33)23-9-19(12-38-6-5-35-17-38)10-24-27(41)20(16-42-28(23)24)11-21-7-18(2)8-26(36-21)39-13-22(14-39)34-3/h5-10,15,17,20,22,34H,4,11-14,16H2,1-3H3/t20-/m0/s1. The topological polar surface area (TPSA) is 90.1 Å². The number of nitrogens with one attached hydrogen (secondary N) is 1. The monoisotopic (exact) mass is 579 g/mol. The molecular weight excluding hydrogens is 547 g/mol. The molecule has 1 N–H and O–H groups in total. The molecule has 0 radical (unpaired) electrons. The summed E-state index contributed by atoms with van der Waals surface area (Å²) in [5.41, 5.74) is 1.83. The van der Waals surface area contributed by atoms with E-state index in [2.05, 4.69) is 20.3 Å². The van der Waals surface area contributed by atoms with E-state index in [1.54, 1.807) is 42.3 Å². The molecule has 0 unspecified atom stereocenters. The predicted octanol–water partition coefficient (Wildman–Crippen LogP) is 4.38. The smallest absolute Gasteiger partial charge is 0.435 e. The maximum Gasteiger partial charge on any atom is 0.435 e. The van der Waals surface area contributed by atoms with Gasteiger partial charge in [0.15, 0.2) is 11.5 Å². The van der Waals surface area contributed by atoms with Gasteiger partial charge in [-0.25, -0.2) is 9.97 Å². The molecule has 1 fully saturated rings. The Labute approximate surface area is 241 Å². The van der Waals surface area contributed by atoms with Crippen LogP contribution in [0, 0.1) is 12.8 Å². The van der Waals surface area contributed by atoms with Crippen LogP contribution in [0.3, 0.4) is 0 Å². The molecule has 220 valence electrons. The molecule has 5 heterocycles. The summed E-state index contributed by atoms with van der Waals surface area (Å²) in [7, 11) is 1.94. The van der Waals surface area contributed by atoms with Crippen molar-refractivity contribution < 1.29 is 22.7 Å². The lowest BCUT2D eigenvalue weighted by atomic mass is 9.87. The SMILES string of the molecule is CCn1cc(-c2cc(Cn3ccnc3)cc3c2OC[C@H](Cc2cc(C)cc(N4CC(NC)C4)n2)C3=O)c(C(F)(F)F)n1. The normalized spacial score (nSPS) is 17.2. The van der Waals surface area contributed by atoms with Gasteiger partial charge in [0.25, 0.3) is 0 Å². The highest BCUT2D eigenvalue weighted by molar-refractivity contribution is 6.04. The highest BCUT2D eigenvalue weighted by atomic mass is 19.4. The number of benzene rings is 1. The van der Waals surface area contributed by atoms with E-state index in [1.165, 1.54) is 10.9 Å². The lowest BCUT2D eigenvalue weighted by molar-refractivity contribution is -0.141. The van der Waals surface area contributed by atoms with Crippen molar-refractivity contribution in [2.45, 2.75) is 45.6 Å². The van der Waals surface area contributed by atoms with E-state index in [0.717, 1.165) is 30.2 Å². The summed E-state index contributed by atoms with van der Waals surface area (Å²) < 4.78 is 51.4. The van der Waals surface area contributed by atoms with Crippen molar-refractivity contribution in [3.8, 4) is 16.9 Å². The second-order valence-electron chi connectivity index (χ2n) is 11.0. The number of likely N-dealkylation sites (N-methyl/N-ethyl adjacent to an activating group) is 1. The Balaban J connectivity index is 1.36. The first-order valence-corrected chi connectivity index (χ1v) is 14.0. The number of alkyl halides is 3. The average Bonchev–Trinajstić information content (AvgIpc) is 3.59. The van der Waals surface area contributed by atoms with Crippen LogP contribution in [0.25, 0.3) is 11.1 Å². The molecule has 2 aliphatic heterocycles. The van der Waals surface area contributed by atoms with Gasteiger partial charge in [-0.3, -0.25) is 9.48 Å². The van der Waals surface area contributed by atoms with Crippen molar-refractivity contribution >= 4 is 11.6 Å². The van der Waals surface area contributed by atoms with E-state index in [9.17, 15) is 18.0 Å². The fraction of sp³-hybridized carbons (Fsp3) is 0.400. The third-order valence-electron chi connectivity index (χ3n) is 7.86. The van der Waals surface area contributed by atoms with Crippen LogP contribution in [0.4, 0.5) is 19.0 Å². The molecule has 1 atom stereocenters. The number of nitrogens with zero attached hydrogens (tertiary/aromatic N) is 6. The van der Waals surface area contributed by atoms with E-state index in [0.29, 0.717) is 24.6 Å². The number of Topliss-reactive ketones (excluding diaryl/α,β-unsaturated/α-hetero) is 1. The van der Waals surface area contributed by atoms with Gasteiger partial charge in [-0.05, 0) is 56.3 Å². The summed E-state index contributed by atoms with van der Waals surface area (Å²) >= 11 is 0. The minimum absolute atomic E-state index is 0.0411. The Morgan fingerprint density at radius 3 is 2.60 bits per heavy atom. The number of ketones is 1. The lowest BCUT2D eigenvalue weighted by Gasteiger charge is -2.40. The van der Waals surface area contributed by atoms with Gasteiger partial charge in [0.2, 0.25) is 0 Å². The third-order valence-corrected chi connectivity index (χ3v) is 7.86. The van der Waals surface area contributed by atoms with Crippen molar-refractivity contribution in [2.75, 3.05) is 31.6 Å². The quantitative estimate of drug-likeness (QED) is 0.332. The fourth-order valence-electron chi connectivity index (χ4n) is 5.62. The van der Waals surface area contributed by atoms with Crippen LogP contribution in [0.15, 0.2) is 49.2 Å². The van der Waals surface area contributed by atoms with Gasteiger partial charge in [-0.2, -0.15) is 18.3 Å². The highest BCUT2D eigenvalue weighted by Gasteiger charge is 2.40. The Morgan fingerprint density at radius 2 is 1.90 bits per heavy atom. The number of anilines is 1. The van der Waals surface area contributed by atoms with Crippen LogP contribution in [0.2, 0.25) is 0 Å². The summed E-state index contributed by atoms with van der Waals surface area (Å²) in [6, 6.07) is 7.80. The van der Waals surface area contributed by atoms with Crippen molar-refractivity contribution in [1.29, 1.82) is 0 Å². The number of imidazole rings is 1. The van der Waals surface area contributed by atoms with Crippen LogP contribution in [0.1, 0.15) is 39.8 Å². The van der Waals surface area contributed by atoms with Crippen LogP contribution in [0.5, 0.6) is 5.75 Å². The predicted molar refractivity (Wildman–Crippen MR) is 151 cm³/mol. The van der Waals surface area contributed by atoms with Crippen molar-refractivity contribution in [3.05, 3.63) is 77.3 Å². The van der Waals surface area contributed by atoms with Gasteiger partial charge >= 0.3 is 6.18 Å². The van der Waals surface area contributed by atoms with E-state index in [-0.39, 0.29) is 41.4 Å². The van der Waals surface area contributed by atoms with Crippen LogP contribution in [-0.4, -0.2) is 62.9 Å². The Bertz CT molecular complexity index is 1610. The summed E-state index contributed by atoms with van der Waals surface area (Å²) in [6.07, 6.45) is 2.05. The second-order valence-corrected chi connectivity index (χ2v) is 11.0. The van der Waals surface area contributed by atoms with Crippen molar-refractivity contribution in [3.63, 3.8) is 0 Å². The number of fused-ring (bicyclic) bond motifs is 1. The molecule has 0 amide bonds. The largest absolute Gasteiger partial charge is 0.491 e. The van der Waals surface area contributed by atoms with Gasteiger partial charge in [-0.1, -0.05) is 0 Å². The van der Waals surface area contributed by atoms with Gasteiger partial charge in [0, 0.05) is 74.1 Å². The van der Waals surface area contributed by atoms with Crippen LogP contribution in [-0.2, 0) is 25.7 Å². The van der Waals surface area contributed by atoms with Gasteiger partial charge in [0.1, 0.15) is 11.6 Å². The molecule has 1 saturated heterocycles. The first-order chi connectivity index (χ1) is 20.1. The number of ether oxygens (including phenoxy) is 1. The molecule has 0 aliphatic carbocycles. The first kappa shape index (κ1) is 28.0. The van der Waals surface area contributed by atoms with Crippen molar-refractivity contribution in [1.82, 2.24) is 29.6 Å². The molecule has 9 nitrogen and oxygen atoms in total. The molecule has 6 rings (SSSR count). The molecule has 1 aromatic carbocycles. The Kier molecular flexibility index (Phi) is 7.25. The average molecular weight is 580 g/mol. The molecule has 0 bridgehead atoms. The minimum atomic E-state index is -4.68. The van der Waals surface area contributed by atoms with Gasteiger partial charge in [-0.15, -0.1) is 0 Å². The minimum Gasteiger partial charge on any atom is -0.491 e. The fourth-order valence-corrected chi connectivity index (χ4v) is 5.62. The number of rotatable bonds is 8. The van der Waals surface area contributed by atoms with Gasteiger partial charge in [0.05, 0.1) is 24.4 Å². The zero-order valence-electron chi connectivity index (χ0n) is 23.6.